The first kappa shape index (κ1) is 6.62. The number of hydrogen-bond donors (Lipinski definition) is 2. The zero-order valence-electron chi connectivity index (χ0n) is 6.16. The van der Waals surface area contributed by atoms with Gasteiger partial charge in [-0.2, -0.15) is 0 Å². The van der Waals surface area contributed by atoms with Crippen LogP contribution in [0.25, 0.3) is 0 Å². The van der Waals surface area contributed by atoms with Crippen molar-refractivity contribution in [1.29, 1.82) is 0 Å². The topological polar surface area (TPSA) is 46.2 Å². The Morgan fingerprint density at radius 2 is 2.10 bits per heavy atom. The molecule has 2 saturated carbocycles. The van der Waals surface area contributed by atoms with E-state index in [0.29, 0.717) is 24.5 Å². The Bertz CT molecular complexity index is 135. The van der Waals surface area contributed by atoms with Crippen LogP contribution in [0.15, 0.2) is 0 Å². The minimum atomic E-state index is 0.356. The lowest BCUT2D eigenvalue weighted by molar-refractivity contribution is 0.166. The van der Waals surface area contributed by atoms with Crippen LogP contribution in [-0.2, 0) is 0 Å². The number of fused-ring (bicyclic) bond motifs is 2. The van der Waals surface area contributed by atoms with E-state index in [0.717, 1.165) is 5.92 Å². The number of rotatable bonds is 1. The summed E-state index contributed by atoms with van der Waals surface area (Å²) in [6, 6.07) is 0.399. The predicted molar refractivity (Wildman–Crippen MR) is 39.4 cm³/mol. The van der Waals surface area contributed by atoms with Gasteiger partial charge in [-0.25, -0.2) is 0 Å². The Hall–Kier alpha value is -0.0800. The van der Waals surface area contributed by atoms with Gasteiger partial charge in [-0.1, -0.05) is 0 Å². The van der Waals surface area contributed by atoms with E-state index in [1.165, 1.54) is 19.3 Å². The summed E-state index contributed by atoms with van der Waals surface area (Å²) >= 11 is 0. The molecule has 0 heterocycles. The lowest BCUT2D eigenvalue weighted by Crippen LogP contribution is -2.33. The molecule has 0 aromatic carbocycles. The van der Waals surface area contributed by atoms with Crippen LogP contribution < -0.4 is 5.73 Å². The molecular formula is C8H15NO. The number of aliphatic hydroxyl groups excluding tert-OH is 1. The van der Waals surface area contributed by atoms with Crippen molar-refractivity contribution < 1.29 is 5.11 Å². The quantitative estimate of drug-likeness (QED) is 0.553. The van der Waals surface area contributed by atoms with Crippen molar-refractivity contribution in [3.63, 3.8) is 0 Å². The summed E-state index contributed by atoms with van der Waals surface area (Å²) in [5, 5.41) is 8.95. The maximum atomic E-state index is 8.95. The van der Waals surface area contributed by atoms with E-state index in [1.807, 2.05) is 0 Å². The van der Waals surface area contributed by atoms with E-state index in [1.54, 1.807) is 0 Å². The Kier molecular flexibility index (Phi) is 1.46. The second-order valence-corrected chi connectivity index (χ2v) is 3.84. The molecule has 2 heteroatoms. The van der Waals surface area contributed by atoms with Crippen LogP contribution in [0, 0.1) is 17.8 Å². The van der Waals surface area contributed by atoms with Crippen molar-refractivity contribution in [2.45, 2.75) is 25.3 Å². The molecular weight excluding hydrogens is 126 g/mol. The second kappa shape index (κ2) is 2.21. The van der Waals surface area contributed by atoms with Crippen molar-refractivity contribution in [3.05, 3.63) is 0 Å². The molecule has 0 saturated heterocycles. The van der Waals surface area contributed by atoms with Gasteiger partial charge in [-0.3, -0.25) is 0 Å². The summed E-state index contributed by atoms with van der Waals surface area (Å²) in [5.41, 5.74) is 5.87. The minimum absolute atomic E-state index is 0.356. The van der Waals surface area contributed by atoms with Crippen molar-refractivity contribution in [1.82, 2.24) is 0 Å². The fourth-order valence-electron chi connectivity index (χ4n) is 2.76. The van der Waals surface area contributed by atoms with Crippen molar-refractivity contribution >= 4 is 0 Å². The van der Waals surface area contributed by atoms with Gasteiger partial charge in [0.2, 0.25) is 0 Å². The van der Waals surface area contributed by atoms with Gasteiger partial charge in [-0.15, -0.1) is 0 Å². The highest BCUT2D eigenvalue weighted by Crippen LogP contribution is 2.47. The molecule has 2 aliphatic rings. The second-order valence-electron chi connectivity index (χ2n) is 3.84. The molecule has 0 radical (unpaired) electrons. The molecule has 2 nitrogen and oxygen atoms in total. The number of hydrogen-bond acceptors (Lipinski definition) is 2. The smallest absolute Gasteiger partial charge is 0.0462 e. The normalized spacial score (nSPS) is 52.2. The van der Waals surface area contributed by atoms with Crippen LogP contribution >= 0.6 is 0 Å². The van der Waals surface area contributed by atoms with Gasteiger partial charge in [0.25, 0.3) is 0 Å². The highest BCUT2D eigenvalue weighted by Gasteiger charge is 2.43. The molecule has 0 amide bonds. The Balaban J connectivity index is 2.06. The molecule has 0 unspecified atom stereocenters. The van der Waals surface area contributed by atoms with Crippen LogP contribution in [0.4, 0.5) is 0 Å². The number of nitrogens with two attached hydrogens (primary N) is 1. The van der Waals surface area contributed by atoms with Crippen molar-refractivity contribution in [2.75, 3.05) is 6.61 Å². The average molecular weight is 141 g/mol. The summed E-state index contributed by atoms with van der Waals surface area (Å²) in [5.74, 6) is 2.03. The summed E-state index contributed by atoms with van der Waals surface area (Å²) in [4.78, 5) is 0. The van der Waals surface area contributed by atoms with E-state index in [9.17, 15) is 0 Å². The standard InChI is InChI=1S/C8H15NO/c9-8-3-5-1-6(4-10)7(8)2-5/h5-8,10H,1-4,9H2/t5-,6-,7-,8-/m1/s1. The third-order valence-electron chi connectivity index (χ3n) is 3.24. The Labute approximate surface area is 61.4 Å². The van der Waals surface area contributed by atoms with Gasteiger partial charge in [0.15, 0.2) is 0 Å². The van der Waals surface area contributed by atoms with Gasteiger partial charge in [-0.05, 0) is 37.0 Å². The third kappa shape index (κ3) is 0.789. The lowest BCUT2D eigenvalue weighted by Gasteiger charge is -2.24. The van der Waals surface area contributed by atoms with Crippen LogP contribution in [0.5, 0.6) is 0 Å². The molecule has 0 aromatic heterocycles. The van der Waals surface area contributed by atoms with E-state index in [2.05, 4.69) is 0 Å². The monoisotopic (exact) mass is 141 g/mol. The molecule has 58 valence electrons. The van der Waals surface area contributed by atoms with Crippen LogP contribution in [0.1, 0.15) is 19.3 Å². The Morgan fingerprint density at radius 1 is 1.30 bits per heavy atom. The molecule has 2 bridgehead atoms. The SMILES string of the molecule is N[C@@H]1C[C@@H]2C[C@H](CO)[C@H]1C2. The summed E-state index contributed by atoms with van der Waals surface area (Å²) in [6.45, 7) is 0.356. The molecule has 0 aliphatic heterocycles. The van der Waals surface area contributed by atoms with E-state index in [-0.39, 0.29) is 0 Å². The first-order valence-corrected chi connectivity index (χ1v) is 4.17. The fourth-order valence-corrected chi connectivity index (χ4v) is 2.76. The molecule has 2 fully saturated rings. The van der Waals surface area contributed by atoms with Gasteiger partial charge in [0.05, 0.1) is 0 Å². The van der Waals surface area contributed by atoms with Crippen LogP contribution in [0.3, 0.4) is 0 Å². The molecule has 10 heavy (non-hydrogen) atoms. The minimum Gasteiger partial charge on any atom is -0.396 e. The number of aliphatic hydroxyl groups is 1. The highest BCUT2D eigenvalue weighted by molar-refractivity contribution is 4.97. The molecule has 2 aliphatic carbocycles. The third-order valence-corrected chi connectivity index (χ3v) is 3.24. The Morgan fingerprint density at radius 3 is 2.50 bits per heavy atom. The van der Waals surface area contributed by atoms with Crippen molar-refractivity contribution in [3.8, 4) is 0 Å². The van der Waals surface area contributed by atoms with Gasteiger partial charge in [0.1, 0.15) is 0 Å². The summed E-state index contributed by atoms with van der Waals surface area (Å²) in [6.07, 6.45) is 3.72. The van der Waals surface area contributed by atoms with E-state index < -0.39 is 0 Å². The first-order valence-electron chi connectivity index (χ1n) is 4.17. The highest BCUT2D eigenvalue weighted by atomic mass is 16.3. The van der Waals surface area contributed by atoms with Gasteiger partial charge in [0, 0.05) is 12.6 Å². The largest absolute Gasteiger partial charge is 0.396 e. The summed E-state index contributed by atoms with van der Waals surface area (Å²) in [7, 11) is 0. The first-order chi connectivity index (χ1) is 4.81. The van der Waals surface area contributed by atoms with Crippen LogP contribution in [0.2, 0.25) is 0 Å². The zero-order chi connectivity index (χ0) is 7.14. The average Bonchev–Trinajstić information content (AvgIpc) is 2.44. The van der Waals surface area contributed by atoms with E-state index >= 15 is 0 Å². The predicted octanol–water partition coefficient (Wildman–Crippen LogP) is 0.352. The molecule has 2 rings (SSSR count). The molecule has 3 N–H and O–H groups in total. The fraction of sp³-hybridized carbons (Fsp3) is 1.00. The van der Waals surface area contributed by atoms with Crippen LogP contribution in [-0.4, -0.2) is 17.8 Å². The molecule has 0 aromatic rings. The maximum Gasteiger partial charge on any atom is 0.0462 e. The van der Waals surface area contributed by atoms with Gasteiger partial charge >= 0.3 is 0 Å². The van der Waals surface area contributed by atoms with Crippen molar-refractivity contribution in [2.24, 2.45) is 23.5 Å². The molecule has 4 atom stereocenters. The lowest BCUT2D eigenvalue weighted by atomic mass is 9.86. The van der Waals surface area contributed by atoms with E-state index in [4.69, 9.17) is 10.8 Å². The zero-order valence-corrected chi connectivity index (χ0v) is 6.16. The maximum absolute atomic E-state index is 8.95. The summed E-state index contributed by atoms with van der Waals surface area (Å²) < 4.78 is 0. The van der Waals surface area contributed by atoms with Gasteiger partial charge < -0.3 is 10.8 Å². The molecule has 0 spiro atoms.